The molecule has 1 amide bonds. The fourth-order valence-electron chi connectivity index (χ4n) is 5.48. The molecule has 3 unspecified atom stereocenters. The molecular formula is C36H71NO4. The van der Waals surface area contributed by atoms with Crippen molar-refractivity contribution in [3.63, 3.8) is 0 Å². The third kappa shape index (κ3) is 27.7. The lowest BCUT2D eigenvalue weighted by Crippen LogP contribution is -2.49. The molecule has 0 aromatic rings. The van der Waals surface area contributed by atoms with Crippen LogP contribution in [0.5, 0.6) is 0 Å². The van der Waals surface area contributed by atoms with E-state index in [0.717, 1.165) is 32.1 Å². The summed E-state index contributed by atoms with van der Waals surface area (Å²) >= 11 is 0. The zero-order chi connectivity index (χ0) is 30.2. The van der Waals surface area contributed by atoms with Gasteiger partial charge in [-0.05, 0) is 38.5 Å². The second-order valence-electron chi connectivity index (χ2n) is 12.4. The van der Waals surface area contributed by atoms with E-state index >= 15 is 0 Å². The van der Waals surface area contributed by atoms with Crippen molar-refractivity contribution in [2.45, 2.75) is 205 Å². The topological polar surface area (TPSA) is 89.8 Å². The summed E-state index contributed by atoms with van der Waals surface area (Å²) in [5.41, 5.74) is 0. The molecule has 3 atom stereocenters. The Balaban J connectivity index is 3.66. The highest BCUT2D eigenvalue weighted by molar-refractivity contribution is 5.80. The Morgan fingerprint density at radius 3 is 1.34 bits per heavy atom. The SMILES string of the molecule is CCCCCCCCCC/C=C\CCCCCCCCC(O)C(=O)NC(CO)C(O)CCCCCCCCCCC. The Morgan fingerprint density at radius 2 is 0.927 bits per heavy atom. The van der Waals surface area contributed by atoms with Crippen molar-refractivity contribution in [2.75, 3.05) is 6.61 Å². The quantitative estimate of drug-likeness (QED) is 0.0471. The molecule has 244 valence electrons. The monoisotopic (exact) mass is 582 g/mol. The fraction of sp³-hybridized carbons (Fsp3) is 0.917. The second kappa shape index (κ2) is 32.0. The molecule has 0 radical (unpaired) electrons. The number of carbonyl (C=O) groups excluding carboxylic acids is 1. The van der Waals surface area contributed by atoms with E-state index in [4.69, 9.17) is 0 Å². The van der Waals surface area contributed by atoms with Gasteiger partial charge in [0.15, 0.2) is 0 Å². The van der Waals surface area contributed by atoms with Gasteiger partial charge in [0.25, 0.3) is 0 Å². The third-order valence-electron chi connectivity index (χ3n) is 8.38. The van der Waals surface area contributed by atoms with Gasteiger partial charge in [0, 0.05) is 0 Å². The van der Waals surface area contributed by atoms with Gasteiger partial charge in [-0.25, -0.2) is 0 Å². The molecule has 0 aromatic heterocycles. The van der Waals surface area contributed by atoms with E-state index in [2.05, 4.69) is 31.3 Å². The van der Waals surface area contributed by atoms with Crippen LogP contribution in [0.4, 0.5) is 0 Å². The van der Waals surface area contributed by atoms with Crippen LogP contribution < -0.4 is 5.32 Å². The van der Waals surface area contributed by atoms with Crippen LogP contribution in [0, 0.1) is 0 Å². The largest absolute Gasteiger partial charge is 0.394 e. The summed E-state index contributed by atoms with van der Waals surface area (Å²) in [5, 5.41) is 33.0. The summed E-state index contributed by atoms with van der Waals surface area (Å²) in [5.74, 6) is -0.478. The van der Waals surface area contributed by atoms with Crippen LogP contribution in [-0.4, -0.2) is 46.1 Å². The summed E-state index contributed by atoms with van der Waals surface area (Å²) in [6.45, 7) is 4.19. The highest BCUT2D eigenvalue weighted by atomic mass is 16.3. The second-order valence-corrected chi connectivity index (χ2v) is 12.4. The van der Waals surface area contributed by atoms with Gasteiger partial charge in [0.05, 0.1) is 18.8 Å². The van der Waals surface area contributed by atoms with Crippen molar-refractivity contribution in [3.05, 3.63) is 12.2 Å². The molecule has 0 aliphatic heterocycles. The Labute approximate surface area is 255 Å². The number of aliphatic hydroxyl groups is 3. The number of aliphatic hydroxyl groups excluding tert-OH is 3. The number of amides is 1. The first kappa shape index (κ1) is 40.1. The van der Waals surface area contributed by atoms with Crippen LogP contribution >= 0.6 is 0 Å². The molecule has 0 aliphatic carbocycles. The number of carbonyl (C=O) groups is 1. The number of hydrogen-bond donors (Lipinski definition) is 4. The van der Waals surface area contributed by atoms with E-state index in [9.17, 15) is 20.1 Å². The lowest BCUT2D eigenvalue weighted by Gasteiger charge is -2.23. The molecule has 0 fully saturated rings. The van der Waals surface area contributed by atoms with Crippen molar-refractivity contribution in [3.8, 4) is 0 Å². The Kier molecular flexibility index (Phi) is 31.3. The summed E-state index contributed by atoms with van der Waals surface area (Å²) in [6.07, 6.45) is 34.8. The van der Waals surface area contributed by atoms with Gasteiger partial charge in [-0.2, -0.15) is 0 Å². The van der Waals surface area contributed by atoms with E-state index in [1.807, 2.05) is 0 Å². The molecule has 0 spiro atoms. The molecule has 4 N–H and O–H groups in total. The summed E-state index contributed by atoms with van der Waals surface area (Å²) in [7, 11) is 0. The number of rotatable bonds is 32. The minimum absolute atomic E-state index is 0.314. The number of nitrogens with one attached hydrogen (secondary N) is 1. The van der Waals surface area contributed by atoms with Crippen molar-refractivity contribution in [1.29, 1.82) is 0 Å². The minimum atomic E-state index is -1.07. The molecule has 41 heavy (non-hydrogen) atoms. The van der Waals surface area contributed by atoms with Crippen LogP contribution in [-0.2, 0) is 4.79 Å². The van der Waals surface area contributed by atoms with Gasteiger partial charge >= 0.3 is 0 Å². The average Bonchev–Trinajstić information content (AvgIpc) is 2.98. The summed E-state index contributed by atoms with van der Waals surface area (Å²) in [6, 6.07) is -0.708. The van der Waals surface area contributed by atoms with Crippen LogP contribution in [0.25, 0.3) is 0 Å². The number of allylic oxidation sites excluding steroid dienone is 2. The van der Waals surface area contributed by atoms with Crippen molar-refractivity contribution < 1.29 is 20.1 Å². The molecular weight excluding hydrogens is 510 g/mol. The van der Waals surface area contributed by atoms with Crippen LogP contribution in [0.2, 0.25) is 0 Å². The predicted octanol–water partition coefficient (Wildman–Crippen LogP) is 9.31. The first-order chi connectivity index (χ1) is 20.1. The molecule has 0 saturated carbocycles. The van der Waals surface area contributed by atoms with E-state index in [1.165, 1.54) is 128 Å². The zero-order valence-corrected chi connectivity index (χ0v) is 27.4. The molecule has 0 aliphatic rings. The highest BCUT2D eigenvalue weighted by Crippen LogP contribution is 2.14. The summed E-state index contributed by atoms with van der Waals surface area (Å²) < 4.78 is 0. The molecule has 0 bridgehead atoms. The molecule has 0 saturated heterocycles. The maximum absolute atomic E-state index is 12.4. The van der Waals surface area contributed by atoms with E-state index < -0.39 is 24.2 Å². The third-order valence-corrected chi connectivity index (χ3v) is 8.38. The molecule has 5 heteroatoms. The predicted molar refractivity (Wildman–Crippen MR) is 176 cm³/mol. The zero-order valence-electron chi connectivity index (χ0n) is 27.4. The van der Waals surface area contributed by atoms with Gasteiger partial charge in [-0.1, -0.05) is 161 Å². The van der Waals surface area contributed by atoms with Crippen LogP contribution in [0.1, 0.15) is 187 Å². The first-order valence-corrected chi connectivity index (χ1v) is 18.0. The van der Waals surface area contributed by atoms with Gasteiger partial charge < -0.3 is 20.6 Å². The molecule has 0 rings (SSSR count). The van der Waals surface area contributed by atoms with Crippen molar-refractivity contribution >= 4 is 5.91 Å². The number of unbranched alkanes of at least 4 members (excludes halogenated alkanes) is 22. The molecule has 0 heterocycles. The lowest BCUT2D eigenvalue weighted by atomic mass is 10.0. The average molecular weight is 582 g/mol. The Hall–Kier alpha value is -0.910. The summed E-state index contributed by atoms with van der Waals surface area (Å²) in [4.78, 5) is 12.4. The highest BCUT2D eigenvalue weighted by Gasteiger charge is 2.23. The fourth-order valence-corrected chi connectivity index (χ4v) is 5.48. The maximum Gasteiger partial charge on any atom is 0.249 e. The lowest BCUT2D eigenvalue weighted by molar-refractivity contribution is -0.131. The van der Waals surface area contributed by atoms with Crippen LogP contribution in [0.3, 0.4) is 0 Å². The van der Waals surface area contributed by atoms with Gasteiger partial charge in [-0.3, -0.25) is 4.79 Å². The van der Waals surface area contributed by atoms with Crippen molar-refractivity contribution in [2.24, 2.45) is 0 Å². The van der Waals surface area contributed by atoms with E-state index in [0.29, 0.717) is 12.8 Å². The Morgan fingerprint density at radius 1 is 0.561 bits per heavy atom. The smallest absolute Gasteiger partial charge is 0.249 e. The van der Waals surface area contributed by atoms with Gasteiger partial charge in [0.2, 0.25) is 5.91 Å². The standard InChI is InChI=1S/C36H71NO4/c1-3-5-7-9-11-13-14-15-16-17-18-19-20-21-23-25-27-29-31-35(40)36(41)37-33(32-38)34(39)30-28-26-24-22-12-10-8-6-4-2/h17-18,33-35,38-40H,3-16,19-32H2,1-2H3,(H,37,41)/b18-17-. The number of hydrogen-bond acceptors (Lipinski definition) is 4. The van der Waals surface area contributed by atoms with E-state index in [1.54, 1.807) is 0 Å². The maximum atomic E-state index is 12.4. The normalized spacial score (nSPS) is 14.0. The molecule has 5 nitrogen and oxygen atoms in total. The van der Waals surface area contributed by atoms with Crippen LogP contribution in [0.15, 0.2) is 12.2 Å². The van der Waals surface area contributed by atoms with Gasteiger partial charge in [0.1, 0.15) is 6.10 Å². The van der Waals surface area contributed by atoms with Gasteiger partial charge in [-0.15, -0.1) is 0 Å². The van der Waals surface area contributed by atoms with E-state index in [-0.39, 0.29) is 6.61 Å². The van der Waals surface area contributed by atoms with Crippen molar-refractivity contribution in [1.82, 2.24) is 5.32 Å². The minimum Gasteiger partial charge on any atom is -0.394 e. The first-order valence-electron chi connectivity index (χ1n) is 18.0. The Bertz CT molecular complexity index is 568. The molecule has 0 aromatic carbocycles.